The average Bonchev–Trinajstić information content (AvgIpc) is 2.93. The molecule has 8 nitrogen and oxygen atoms in total. The van der Waals surface area contributed by atoms with Gasteiger partial charge in [-0.1, -0.05) is 6.07 Å². The van der Waals surface area contributed by atoms with E-state index in [0.29, 0.717) is 29.4 Å². The molecule has 25 heavy (non-hydrogen) atoms. The zero-order valence-electron chi connectivity index (χ0n) is 13.6. The Bertz CT molecular complexity index is 885. The van der Waals surface area contributed by atoms with E-state index in [9.17, 15) is 13.2 Å². The van der Waals surface area contributed by atoms with Crippen LogP contribution in [0.2, 0.25) is 0 Å². The third-order valence-electron chi connectivity index (χ3n) is 3.78. The van der Waals surface area contributed by atoms with Crippen molar-refractivity contribution in [1.82, 2.24) is 9.97 Å². The number of anilines is 3. The van der Waals surface area contributed by atoms with Crippen molar-refractivity contribution < 1.29 is 17.9 Å². The Morgan fingerprint density at radius 1 is 1.32 bits per heavy atom. The quantitative estimate of drug-likeness (QED) is 0.772. The van der Waals surface area contributed by atoms with Gasteiger partial charge < -0.3 is 15.4 Å². The number of sulfone groups is 1. The van der Waals surface area contributed by atoms with Gasteiger partial charge in [0.15, 0.2) is 9.84 Å². The molecular formula is C16H18N4O4S. The number of ether oxygens (including phenoxy) is 1. The fourth-order valence-electron chi connectivity index (χ4n) is 2.59. The minimum absolute atomic E-state index is 0.112. The fraction of sp³-hybridized carbons (Fsp3) is 0.312. The normalized spacial score (nSPS) is 18.5. The van der Waals surface area contributed by atoms with Crippen LogP contribution in [-0.2, 0) is 14.6 Å². The van der Waals surface area contributed by atoms with Crippen LogP contribution >= 0.6 is 0 Å². The highest BCUT2D eigenvalue weighted by Gasteiger charge is 2.27. The van der Waals surface area contributed by atoms with Gasteiger partial charge in [-0.25, -0.2) is 18.2 Å². The summed E-state index contributed by atoms with van der Waals surface area (Å²) in [6.45, 7) is 0. The molecular weight excluding hydrogens is 344 g/mol. The number of carbonyl (C=O) groups is 1. The van der Waals surface area contributed by atoms with E-state index in [1.165, 1.54) is 7.11 Å². The molecule has 1 aliphatic heterocycles. The van der Waals surface area contributed by atoms with Crippen LogP contribution in [0.1, 0.15) is 16.8 Å². The van der Waals surface area contributed by atoms with Crippen molar-refractivity contribution in [3.05, 3.63) is 42.1 Å². The largest absolute Gasteiger partial charge is 0.465 e. The molecule has 1 aromatic carbocycles. The first-order valence-corrected chi connectivity index (χ1v) is 9.53. The van der Waals surface area contributed by atoms with Crippen LogP contribution in [0.4, 0.5) is 17.5 Å². The number of hydrogen-bond acceptors (Lipinski definition) is 8. The number of rotatable bonds is 5. The van der Waals surface area contributed by atoms with Crippen LogP contribution in [0.3, 0.4) is 0 Å². The molecule has 0 spiro atoms. The lowest BCUT2D eigenvalue weighted by molar-refractivity contribution is 0.0601. The minimum atomic E-state index is -2.96. The molecule has 9 heteroatoms. The van der Waals surface area contributed by atoms with Gasteiger partial charge in [-0.2, -0.15) is 4.98 Å². The van der Waals surface area contributed by atoms with E-state index < -0.39 is 15.8 Å². The molecule has 1 fully saturated rings. The van der Waals surface area contributed by atoms with Crippen LogP contribution in [-0.4, -0.2) is 49.0 Å². The number of hydrogen-bond donors (Lipinski definition) is 2. The Hall–Kier alpha value is -2.68. The second kappa shape index (κ2) is 7.06. The van der Waals surface area contributed by atoms with Gasteiger partial charge in [0.25, 0.3) is 0 Å². The topological polar surface area (TPSA) is 110 Å². The number of nitrogens with one attached hydrogen (secondary N) is 2. The molecule has 2 N–H and O–H groups in total. The molecule has 0 bridgehead atoms. The summed E-state index contributed by atoms with van der Waals surface area (Å²) in [5.41, 5.74) is 1.06. The van der Waals surface area contributed by atoms with Gasteiger partial charge in [0, 0.05) is 17.9 Å². The number of aromatic nitrogens is 2. The van der Waals surface area contributed by atoms with Crippen LogP contribution in [0.15, 0.2) is 36.5 Å². The maximum atomic E-state index is 11.6. The molecule has 3 rings (SSSR count). The highest BCUT2D eigenvalue weighted by Crippen LogP contribution is 2.19. The fourth-order valence-corrected chi connectivity index (χ4v) is 4.26. The van der Waals surface area contributed by atoms with Gasteiger partial charge in [0.1, 0.15) is 5.82 Å². The monoisotopic (exact) mass is 362 g/mol. The molecule has 1 aliphatic rings. The predicted octanol–water partition coefficient (Wildman–Crippen LogP) is 1.61. The first kappa shape index (κ1) is 17.2. The highest BCUT2D eigenvalue weighted by atomic mass is 32.2. The zero-order valence-corrected chi connectivity index (χ0v) is 14.4. The Morgan fingerprint density at radius 3 is 2.88 bits per heavy atom. The van der Waals surface area contributed by atoms with Crippen molar-refractivity contribution in [3.63, 3.8) is 0 Å². The summed E-state index contributed by atoms with van der Waals surface area (Å²) < 4.78 is 27.8. The molecule has 2 heterocycles. The van der Waals surface area contributed by atoms with E-state index in [1.807, 2.05) is 0 Å². The average molecular weight is 362 g/mol. The summed E-state index contributed by atoms with van der Waals surface area (Å²) in [7, 11) is -1.63. The van der Waals surface area contributed by atoms with Gasteiger partial charge >= 0.3 is 5.97 Å². The second-order valence-corrected chi connectivity index (χ2v) is 7.94. The van der Waals surface area contributed by atoms with Crippen molar-refractivity contribution in [3.8, 4) is 0 Å². The number of carbonyl (C=O) groups excluding carboxylic acids is 1. The SMILES string of the molecule is COC(=O)c1cccc(Nc2nccc(NC3CCS(=O)(=O)C3)n2)c1. The van der Waals surface area contributed by atoms with Crippen LogP contribution in [0.25, 0.3) is 0 Å². The van der Waals surface area contributed by atoms with E-state index >= 15 is 0 Å². The summed E-state index contributed by atoms with van der Waals surface area (Å²) in [6.07, 6.45) is 2.14. The van der Waals surface area contributed by atoms with Crippen molar-refractivity contribution >= 4 is 33.3 Å². The summed E-state index contributed by atoms with van der Waals surface area (Å²) in [6, 6.07) is 8.32. The number of benzene rings is 1. The van der Waals surface area contributed by atoms with Crippen LogP contribution in [0.5, 0.6) is 0 Å². The Balaban J connectivity index is 1.71. The first-order valence-electron chi connectivity index (χ1n) is 7.70. The third kappa shape index (κ3) is 4.44. The van der Waals surface area contributed by atoms with E-state index in [-0.39, 0.29) is 17.5 Å². The lowest BCUT2D eigenvalue weighted by Gasteiger charge is -2.12. The molecule has 1 aromatic heterocycles. The molecule has 0 saturated carbocycles. The van der Waals surface area contributed by atoms with Gasteiger partial charge in [-0.05, 0) is 30.7 Å². The van der Waals surface area contributed by atoms with Crippen molar-refractivity contribution in [2.75, 3.05) is 29.2 Å². The van der Waals surface area contributed by atoms with E-state index in [2.05, 4.69) is 20.6 Å². The van der Waals surface area contributed by atoms with Gasteiger partial charge in [0.05, 0.1) is 24.2 Å². The summed E-state index contributed by atoms with van der Waals surface area (Å²) in [5, 5.41) is 6.13. The Kier molecular flexibility index (Phi) is 4.84. The van der Waals surface area contributed by atoms with Gasteiger partial charge in [0.2, 0.25) is 5.95 Å². The van der Waals surface area contributed by atoms with Gasteiger partial charge in [-0.15, -0.1) is 0 Å². The summed E-state index contributed by atoms with van der Waals surface area (Å²) in [4.78, 5) is 20.0. The molecule has 0 amide bonds. The van der Waals surface area contributed by atoms with Crippen molar-refractivity contribution in [1.29, 1.82) is 0 Å². The summed E-state index contributed by atoms with van der Waals surface area (Å²) in [5.74, 6) is 0.765. The molecule has 1 unspecified atom stereocenters. The second-order valence-electron chi connectivity index (χ2n) is 5.71. The van der Waals surface area contributed by atoms with Crippen molar-refractivity contribution in [2.24, 2.45) is 0 Å². The minimum Gasteiger partial charge on any atom is -0.465 e. The lowest BCUT2D eigenvalue weighted by atomic mass is 10.2. The number of esters is 1. The smallest absolute Gasteiger partial charge is 0.337 e. The number of methoxy groups -OCH3 is 1. The molecule has 132 valence electrons. The number of nitrogens with zero attached hydrogens (tertiary/aromatic N) is 2. The van der Waals surface area contributed by atoms with E-state index in [1.54, 1.807) is 36.5 Å². The zero-order chi connectivity index (χ0) is 17.9. The maximum Gasteiger partial charge on any atom is 0.337 e. The van der Waals surface area contributed by atoms with E-state index in [0.717, 1.165) is 0 Å². The first-order chi connectivity index (χ1) is 11.9. The molecule has 1 atom stereocenters. The Morgan fingerprint density at radius 2 is 2.16 bits per heavy atom. The van der Waals surface area contributed by atoms with Crippen molar-refractivity contribution in [2.45, 2.75) is 12.5 Å². The maximum absolute atomic E-state index is 11.6. The highest BCUT2D eigenvalue weighted by molar-refractivity contribution is 7.91. The molecule has 2 aromatic rings. The van der Waals surface area contributed by atoms with Gasteiger partial charge in [-0.3, -0.25) is 0 Å². The summed E-state index contributed by atoms with van der Waals surface area (Å²) >= 11 is 0. The molecule has 1 saturated heterocycles. The standard InChI is InChI=1S/C16H18N4O4S/c1-24-15(21)11-3-2-4-12(9-11)19-16-17-7-5-14(20-16)18-13-6-8-25(22,23)10-13/h2-5,7,9,13H,6,8,10H2,1H3,(H2,17,18,19,20). The lowest BCUT2D eigenvalue weighted by Crippen LogP contribution is -2.21. The third-order valence-corrected chi connectivity index (χ3v) is 5.55. The molecule has 0 radical (unpaired) electrons. The van der Waals surface area contributed by atoms with E-state index in [4.69, 9.17) is 4.74 Å². The molecule has 0 aliphatic carbocycles. The Labute approximate surface area is 145 Å². The predicted molar refractivity (Wildman–Crippen MR) is 93.8 cm³/mol. The van der Waals surface area contributed by atoms with Crippen LogP contribution in [0, 0.1) is 0 Å². The van der Waals surface area contributed by atoms with Crippen LogP contribution < -0.4 is 10.6 Å².